The topological polar surface area (TPSA) is 66.0 Å². The second-order valence-electron chi connectivity index (χ2n) is 4.72. The summed E-state index contributed by atoms with van der Waals surface area (Å²) in [7, 11) is 0. The summed E-state index contributed by atoms with van der Waals surface area (Å²) >= 11 is 0. The molecule has 3 N–H and O–H groups in total. The van der Waals surface area contributed by atoms with E-state index in [0.717, 1.165) is 29.2 Å². The number of hydrogen-bond donors (Lipinski definition) is 2. The van der Waals surface area contributed by atoms with E-state index < -0.39 is 0 Å². The molecule has 1 aromatic carbocycles. The predicted octanol–water partition coefficient (Wildman–Crippen LogP) is 2.70. The third kappa shape index (κ3) is 3.15. The molecule has 0 saturated heterocycles. The number of benzene rings is 1. The lowest BCUT2D eigenvalue weighted by atomic mass is 10.1. The number of anilines is 1. The van der Waals surface area contributed by atoms with Crippen LogP contribution >= 0.6 is 0 Å². The highest BCUT2D eigenvalue weighted by atomic mass is 15.1. The van der Waals surface area contributed by atoms with E-state index in [2.05, 4.69) is 16.8 Å². The smallest absolute Gasteiger partial charge is 0.124 e. The summed E-state index contributed by atoms with van der Waals surface area (Å²) in [6, 6.07) is 13.8. The summed E-state index contributed by atoms with van der Waals surface area (Å²) in [6.07, 6.45) is 0. The molecule has 20 heavy (non-hydrogen) atoms. The van der Waals surface area contributed by atoms with E-state index in [1.54, 1.807) is 0 Å². The Hall–Kier alpha value is -2.36. The zero-order chi connectivity index (χ0) is 14.5. The van der Waals surface area contributed by atoms with Crippen molar-refractivity contribution >= 4 is 11.5 Å². The number of nitrogens with zero attached hydrogens (tertiary/aromatic N) is 2. The predicted molar refractivity (Wildman–Crippen MR) is 83.2 cm³/mol. The Labute approximate surface area is 119 Å². The second-order valence-corrected chi connectivity index (χ2v) is 4.72. The van der Waals surface area contributed by atoms with E-state index in [0.29, 0.717) is 6.54 Å². The van der Waals surface area contributed by atoms with E-state index in [9.17, 15) is 0 Å². The van der Waals surface area contributed by atoms with E-state index in [-0.39, 0.29) is 5.84 Å². The summed E-state index contributed by atoms with van der Waals surface area (Å²) in [5, 5.41) is 7.69. The van der Waals surface area contributed by atoms with Gasteiger partial charge in [-0.3, -0.25) is 10.4 Å². The Bertz CT molecular complexity index is 607. The van der Waals surface area contributed by atoms with Gasteiger partial charge in [-0.1, -0.05) is 18.2 Å². The molecule has 0 bridgehead atoms. The van der Waals surface area contributed by atoms with Crippen molar-refractivity contribution in [2.45, 2.75) is 20.4 Å². The van der Waals surface area contributed by atoms with Gasteiger partial charge in [0.15, 0.2) is 0 Å². The number of pyridine rings is 1. The lowest BCUT2D eigenvalue weighted by Crippen LogP contribution is -2.26. The highest BCUT2D eigenvalue weighted by Crippen LogP contribution is 2.21. The first-order valence-electron chi connectivity index (χ1n) is 6.72. The molecular formula is C16H20N4. The third-order valence-corrected chi connectivity index (χ3v) is 3.22. The van der Waals surface area contributed by atoms with Gasteiger partial charge in [0.25, 0.3) is 0 Å². The van der Waals surface area contributed by atoms with Gasteiger partial charge in [0, 0.05) is 23.5 Å². The molecule has 0 spiro atoms. The Balaban J connectivity index is 2.31. The minimum Gasteiger partial charge on any atom is -0.384 e. The summed E-state index contributed by atoms with van der Waals surface area (Å²) in [5.41, 5.74) is 9.44. The van der Waals surface area contributed by atoms with Gasteiger partial charge >= 0.3 is 0 Å². The Morgan fingerprint density at radius 3 is 2.60 bits per heavy atom. The maximum atomic E-state index is 7.69. The van der Waals surface area contributed by atoms with E-state index >= 15 is 0 Å². The molecule has 0 aliphatic rings. The highest BCUT2D eigenvalue weighted by Gasteiger charge is 2.12. The SMILES string of the molecule is CCN(Cc1cccc(C)n1)c1ccccc1C(=N)N. The van der Waals surface area contributed by atoms with Gasteiger partial charge in [-0.15, -0.1) is 0 Å². The molecule has 0 fully saturated rings. The molecule has 0 aliphatic carbocycles. The van der Waals surface area contributed by atoms with Crippen LogP contribution in [0.5, 0.6) is 0 Å². The molecule has 1 heterocycles. The van der Waals surface area contributed by atoms with Gasteiger partial charge in [0.2, 0.25) is 0 Å². The number of rotatable bonds is 5. The largest absolute Gasteiger partial charge is 0.384 e. The van der Waals surface area contributed by atoms with Crippen LogP contribution in [0.1, 0.15) is 23.9 Å². The summed E-state index contributed by atoms with van der Waals surface area (Å²) in [4.78, 5) is 6.71. The maximum Gasteiger partial charge on any atom is 0.124 e. The first kappa shape index (κ1) is 14.1. The van der Waals surface area contributed by atoms with Gasteiger partial charge in [-0.2, -0.15) is 0 Å². The van der Waals surface area contributed by atoms with Gasteiger partial charge in [0.05, 0.1) is 12.2 Å². The van der Waals surface area contributed by atoms with E-state index in [1.165, 1.54) is 0 Å². The molecule has 0 amide bonds. The number of aromatic nitrogens is 1. The maximum absolute atomic E-state index is 7.69. The van der Waals surface area contributed by atoms with Crippen LogP contribution in [0.3, 0.4) is 0 Å². The zero-order valence-electron chi connectivity index (χ0n) is 11.9. The van der Waals surface area contributed by atoms with Crippen LogP contribution in [-0.2, 0) is 6.54 Å². The lowest BCUT2D eigenvalue weighted by Gasteiger charge is -2.25. The van der Waals surface area contributed by atoms with Crippen LogP contribution in [0.2, 0.25) is 0 Å². The van der Waals surface area contributed by atoms with Crippen LogP contribution in [0, 0.1) is 12.3 Å². The summed E-state index contributed by atoms with van der Waals surface area (Å²) in [6.45, 7) is 5.62. The van der Waals surface area contributed by atoms with Gasteiger partial charge in [-0.25, -0.2) is 0 Å². The average molecular weight is 268 g/mol. The molecule has 0 aliphatic heterocycles. The minimum absolute atomic E-state index is 0.0938. The Morgan fingerprint density at radius 2 is 1.95 bits per heavy atom. The number of nitrogens with two attached hydrogens (primary N) is 1. The first-order chi connectivity index (χ1) is 9.61. The molecular weight excluding hydrogens is 248 g/mol. The fourth-order valence-corrected chi connectivity index (χ4v) is 2.23. The lowest BCUT2D eigenvalue weighted by molar-refractivity contribution is 0.805. The molecule has 4 heteroatoms. The van der Waals surface area contributed by atoms with Crippen LogP contribution in [0.4, 0.5) is 5.69 Å². The summed E-state index contributed by atoms with van der Waals surface area (Å²) in [5.74, 6) is 0.0938. The second kappa shape index (κ2) is 6.19. The van der Waals surface area contributed by atoms with Gasteiger partial charge in [-0.05, 0) is 38.1 Å². The van der Waals surface area contributed by atoms with Crippen LogP contribution in [0.15, 0.2) is 42.5 Å². The highest BCUT2D eigenvalue weighted by molar-refractivity contribution is 6.00. The normalized spacial score (nSPS) is 10.3. The van der Waals surface area contributed by atoms with Crippen LogP contribution in [0.25, 0.3) is 0 Å². The van der Waals surface area contributed by atoms with E-state index in [1.807, 2.05) is 49.4 Å². The van der Waals surface area contributed by atoms with Crippen LogP contribution < -0.4 is 10.6 Å². The van der Waals surface area contributed by atoms with Gasteiger partial charge in [0.1, 0.15) is 5.84 Å². The monoisotopic (exact) mass is 268 g/mol. The number of nitrogens with one attached hydrogen (secondary N) is 1. The van der Waals surface area contributed by atoms with Crippen molar-refractivity contribution in [3.05, 3.63) is 59.4 Å². The first-order valence-corrected chi connectivity index (χ1v) is 6.72. The average Bonchev–Trinajstić information content (AvgIpc) is 2.45. The van der Waals surface area contributed by atoms with Crippen molar-refractivity contribution in [3.63, 3.8) is 0 Å². The number of aryl methyl sites for hydroxylation is 1. The molecule has 1 aromatic heterocycles. The molecule has 0 saturated carbocycles. The minimum atomic E-state index is 0.0938. The number of hydrogen-bond acceptors (Lipinski definition) is 3. The molecule has 2 aromatic rings. The number of para-hydroxylation sites is 1. The molecule has 2 rings (SSSR count). The number of nitrogen functional groups attached to an aromatic ring is 1. The zero-order valence-corrected chi connectivity index (χ0v) is 11.9. The van der Waals surface area contributed by atoms with Crippen molar-refractivity contribution < 1.29 is 0 Å². The molecule has 0 unspecified atom stereocenters. The van der Waals surface area contributed by atoms with E-state index in [4.69, 9.17) is 11.1 Å². The fraction of sp³-hybridized carbons (Fsp3) is 0.250. The Kier molecular flexibility index (Phi) is 4.35. The number of amidine groups is 1. The molecule has 0 atom stereocenters. The Morgan fingerprint density at radius 1 is 1.20 bits per heavy atom. The third-order valence-electron chi connectivity index (χ3n) is 3.22. The van der Waals surface area contributed by atoms with Crippen molar-refractivity contribution in [2.24, 2.45) is 5.73 Å². The molecule has 4 nitrogen and oxygen atoms in total. The van der Waals surface area contributed by atoms with Crippen molar-refractivity contribution in [1.82, 2.24) is 4.98 Å². The van der Waals surface area contributed by atoms with Crippen LogP contribution in [-0.4, -0.2) is 17.4 Å². The van der Waals surface area contributed by atoms with Crippen molar-refractivity contribution in [2.75, 3.05) is 11.4 Å². The standard InChI is InChI=1S/C16H20N4/c1-3-20(11-13-8-6-7-12(2)19-13)15-10-5-4-9-14(15)16(17)18/h4-10H,3,11H2,1-2H3,(H3,17,18). The molecule has 0 radical (unpaired) electrons. The quantitative estimate of drug-likeness (QED) is 0.647. The molecule has 104 valence electrons. The van der Waals surface area contributed by atoms with Gasteiger partial charge < -0.3 is 10.6 Å². The van der Waals surface area contributed by atoms with Crippen molar-refractivity contribution in [3.8, 4) is 0 Å². The fourth-order valence-electron chi connectivity index (χ4n) is 2.23. The summed E-state index contributed by atoms with van der Waals surface area (Å²) < 4.78 is 0. The van der Waals surface area contributed by atoms with Crippen molar-refractivity contribution in [1.29, 1.82) is 5.41 Å².